The average Bonchev–Trinajstić information content (AvgIpc) is 2.94. The summed E-state index contributed by atoms with van der Waals surface area (Å²) in [5.74, 6) is -2.70. The molecule has 4 rings (SSSR count). The summed E-state index contributed by atoms with van der Waals surface area (Å²) < 4.78 is 34.4. The minimum Gasteiger partial charge on any atom is -0.471 e. The van der Waals surface area contributed by atoms with Gasteiger partial charge < -0.3 is 29.9 Å². The van der Waals surface area contributed by atoms with E-state index in [-0.39, 0.29) is 72.5 Å². The van der Waals surface area contributed by atoms with Gasteiger partial charge in [-0.3, -0.25) is 14.4 Å². The number of anilines is 1. The van der Waals surface area contributed by atoms with E-state index in [1.807, 2.05) is 13.8 Å². The van der Waals surface area contributed by atoms with Gasteiger partial charge in [-0.25, -0.2) is 13.6 Å². The van der Waals surface area contributed by atoms with Crippen molar-refractivity contribution in [3.8, 4) is 5.75 Å². The van der Waals surface area contributed by atoms with Crippen LogP contribution in [0.2, 0.25) is 0 Å². The number of halogens is 2. The molecule has 0 aliphatic carbocycles. The van der Waals surface area contributed by atoms with Gasteiger partial charge in [0.15, 0.2) is 0 Å². The molecule has 10 nitrogen and oxygen atoms in total. The van der Waals surface area contributed by atoms with Crippen molar-refractivity contribution in [1.82, 2.24) is 15.1 Å². The fraction of sp³-hybridized carbons (Fsp3) is 0.467. The van der Waals surface area contributed by atoms with E-state index in [0.29, 0.717) is 25.5 Å². The Bertz CT molecular complexity index is 1370. The third kappa shape index (κ3) is 6.17. The van der Waals surface area contributed by atoms with Gasteiger partial charge in [-0.2, -0.15) is 0 Å². The number of hydrogen-bond donors (Lipinski definition) is 2. The van der Waals surface area contributed by atoms with Crippen molar-refractivity contribution < 1.29 is 37.8 Å². The van der Waals surface area contributed by atoms with Crippen LogP contribution >= 0.6 is 0 Å². The summed E-state index contributed by atoms with van der Waals surface area (Å²) in [5.41, 5.74) is -1.29. The molecule has 0 unspecified atom stereocenters. The summed E-state index contributed by atoms with van der Waals surface area (Å²) in [4.78, 5) is 55.6. The zero-order valence-electron chi connectivity index (χ0n) is 24.2. The molecule has 4 amide bonds. The maximum atomic E-state index is 14.2. The fourth-order valence-electron chi connectivity index (χ4n) is 5.57. The minimum atomic E-state index is -1.79. The first-order chi connectivity index (χ1) is 19.8. The fourth-order valence-corrected chi connectivity index (χ4v) is 5.57. The molecule has 226 valence electrons. The lowest BCUT2D eigenvalue weighted by Gasteiger charge is -2.42. The molecular formula is C30H36F2N4O6. The van der Waals surface area contributed by atoms with Crippen LogP contribution < -0.4 is 15.0 Å². The Balaban J connectivity index is 1.72. The molecule has 0 spiro atoms. The molecule has 2 aromatic rings. The number of carbonyl (C=O) groups is 4. The Hall–Kier alpha value is -4.22. The van der Waals surface area contributed by atoms with Crippen LogP contribution in [0.15, 0.2) is 36.4 Å². The van der Waals surface area contributed by atoms with Gasteiger partial charge in [0.05, 0.1) is 11.7 Å². The van der Waals surface area contributed by atoms with Crippen LogP contribution in [-0.4, -0.2) is 77.0 Å². The van der Waals surface area contributed by atoms with Gasteiger partial charge in [-0.15, -0.1) is 0 Å². The molecule has 2 aliphatic rings. The van der Waals surface area contributed by atoms with Crippen molar-refractivity contribution in [2.75, 3.05) is 31.1 Å². The number of nitrogens with one attached hydrogen (secondary N) is 1. The Kier molecular flexibility index (Phi) is 9.03. The van der Waals surface area contributed by atoms with Gasteiger partial charge in [0, 0.05) is 55.8 Å². The Labute approximate surface area is 243 Å². The molecule has 2 atom stereocenters. The van der Waals surface area contributed by atoms with E-state index >= 15 is 0 Å². The van der Waals surface area contributed by atoms with Crippen molar-refractivity contribution >= 4 is 29.5 Å². The lowest BCUT2D eigenvalue weighted by atomic mass is 9.91. The number of ether oxygens (including phenoxy) is 1. The Morgan fingerprint density at radius 2 is 1.86 bits per heavy atom. The zero-order valence-corrected chi connectivity index (χ0v) is 24.2. The van der Waals surface area contributed by atoms with E-state index in [4.69, 9.17) is 4.74 Å². The number of carbonyl (C=O) groups excluding carboxylic acids is 3. The molecule has 12 heteroatoms. The molecule has 2 heterocycles. The van der Waals surface area contributed by atoms with Crippen LogP contribution in [0.5, 0.6) is 5.75 Å². The summed E-state index contributed by atoms with van der Waals surface area (Å²) in [7, 11) is 0. The van der Waals surface area contributed by atoms with E-state index in [1.165, 1.54) is 28.9 Å². The maximum Gasteiger partial charge on any atom is 0.407 e. The van der Waals surface area contributed by atoms with E-state index in [9.17, 15) is 33.1 Å². The van der Waals surface area contributed by atoms with Crippen LogP contribution in [0, 0.1) is 11.6 Å². The molecule has 2 aliphatic heterocycles. The number of piperidine rings is 1. The summed E-state index contributed by atoms with van der Waals surface area (Å²) in [6, 6.07) is 6.80. The lowest BCUT2D eigenvalue weighted by molar-refractivity contribution is -0.135. The van der Waals surface area contributed by atoms with E-state index in [0.717, 1.165) is 12.1 Å². The molecule has 0 radical (unpaired) electrons. The lowest BCUT2D eigenvalue weighted by Crippen LogP contribution is -2.54. The topological polar surface area (TPSA) is 119 Å². The zero-order chi connectivity index (χ0) is 30.8. The predicted octanol–water partition coefficient (Wildman–Crippen LogP) is 4.12. The summed E-state index contributed by atoms with van der Waals surface area (Å²) in [5, 5.41) is 12.2. The third-order valence-electron chi connectivity index (χ3n) is 7.71. The second kappa shape index (κ2) is 12.3. The van der Waals surface area contributed by atoms with E-state index in [1.54, 1.807) is 17.9 Å². The van der Waals surface area contributed by atoms with E-state index < -0.39 is 29.2 Å². The molecule has 0 bridgehead atoms. The molecule has 0 saturated carbocycles. The van der Waals surface area contributed by atoms with Crippen LogP contribution in [0.3, 0.4) is 0 Å². The quantitative estimate of drug-likeness (QED) is 0.480. The first kappa shape index (κ1) is 30.7. The Morgan fingerprint density at radius 3 is 2.48 bits per heavy atom. The molecule has 42 heavy (non-hydrogen) atoms. The van der Waals surface area contributed by atoms with Crippen molar-refractivity contribution in [3.63, 3.8) is 0 Å². The first-order valence-electron chi connectivity index (χ1n) is 14.0. The molecule has 1 saturated heterocycles. The highest BCUT2D eigenvalue weighted by Gasteiger charge is 2.47. The highest BCUT2D eigenvalue weighted by molar-refractivity contribution is 6.05. The number of carboxylic acid groups (broad SMARTS) is 1. The smallest absolute Gasteiger partial charge is 0.407 e. The number of rotatable bonds is 8. The minimum absolute atomic E-state index is 0.00998. The van der Waals surface area contributed by atoms with Crippen LogP contribution in [-0.2, 0) is 15.2 Å². The van der Waals surface area contributed by atoms with Gasteiger partial charge in [-0.1, -0.05) is 6.92 Å². The predicted molar refractivity (Wildman–Crippen MR) is 150 cm³/mol. The number of likely N-dealkylation sites (tertiary alicyclic amines) is 1. The van der Waals surface area contributed by atoms with Gasteiger partial charge in [0.25, 0.3) is 11.8 Å². The van der Waals surface area contributed by atoms with Crippen LogP contribution in [0.25, 0.3) is 0 Å². The number of fused-ring (bicyclic) bond motifs is 1. The summed E-state index contributed by atoms with van der Waals surface area (Å²) in [6.45, 7) is 7.52. The summed E-state index contributed by atoms with van der Waals surface area (Å²) in [6.07, 6.45) is 0.480. The number of benzene rings is 2. The normalized spacial score (nSPS) is 20.2. The van der Waals surface area contributed by atoms with Crippen molar-refractivity contribution in [3.05, 3.63) is 59.2 Å². The number of hydrogen-bond acceptors (Lipinski definition) is 5. The molecule has 2 N–H and O–H groups in total. The molecule has 1 fully saturated rings. The standard InChI is InChI=1S/C30H36F2N4O6/c1-5-26(37)33-10-12-35-24-13-19(27(38)36(18(2)3)23-7-6-11-34(17-23)29(40)41)8-9-25(24)42-30(4,28(35)39)20-14-21(31)16-22(32)15-20/h8-9,13-16,18,23H,5-7,10-12,17H2,1-4H3,(H,33,37)(H,40,41)/t23-,30+/m1/s1. The highest BCUT2D eigenvalue weighted by atomic mass is 19.1. The monoisotopic (exact) mass is 586 g/mol. The van der Waals surface area contributed by atoms with E-state index in [2.05, 4.69) is 5.32 Å². The van der Waals surface area contributed by atoms with Crippen LogP contribution in [0.4, 0.5) is 19.3 Å². The van der Waals surface area contributed by atoms with Crippen molar-refractivity contribution in [2.24, 2.45) is 0 Å². The van der Waals surface area contributed by atoms with Gasteiger partial charge in [-0.05, 0) is 63.9 Å². The Morgan fingerprint density at radius 1 is 1.17 bits per heavy atom. The van der Waals surface area contributed by atoms with Crippen molar-refractivity contribution in [2.45, 2.75) is 64.6 Å². The van der Waals surface area contributed by atoms with Gasteiger partial charge >= 0.3 is 6.09 Å². The third-order valence-corrected chi connectivity index (χ3v) is 7.71. The van der Waals surface area contributed by atoms with Gasteiger partial charge in [0.1, 0.15) is 17.4 Å². The maximum absolute atomic E-state index is 14.2. The van der Waals surface area contributed by atoms with Crippen LogP contribution in [0.1, 0.15) is 62.9 Å². The second-order valence-electron chi connectivity index (χ2n) is 11.0. The first-order valence-corrected chi connectivity index (χ1v) is 14.0. The number of amides is 4. The van der Waals surface area contributed by atoms with Gasteiger partial charge in [0.2, 0.25) is 11.5 Å². The number of nitrogens with zero attached hydrogens (tertiary/aromatic N) is 3. The molecular weight excluding hydrogens is 550 g/mol. The largest absolute Gasteiger partial charge is 0.471 e. The average molecular weight is 587 g/mol. The molecule has 2 aromatic carbocycles. The summed E-state index contributed by atoms with van der Waals surface area (Å²) >= 11 is 0. The van der Waals surface area contributed by atoms with Crippen molar-refractivity contribution in [1.29, 1.82) is 0 Å². The SMILES string of the molecule is CCC(=O)NCCN1C(=O)[C@](C)(c2cc(F)cc(F)c2)Oc2ccc(C(=O)N(C(C)C)[C@@H]3CCCN(C(=O)O)C3)cc21. The second-order valence-corrected chi connectivity index (χ2v) is 11.0. The highest BCUT2D eigenvalue weighted by Crippen LogP contribution is 2.43. The molecule has 0 aromatic heterocycles.